The molecule has 4 rings (SSSR count). The summed E-state index contributed by atoms with van der Waals surface area (Å²) in [5.41, 5.74) is 6.29. The number of imidazole rings is 1. The molecule has 0 amide bonds. The Labute approximate surface area is 229 Å². The molecule has 4 heteroatoms. The normalized spacial score (nSPS) is 11.2. The molecule has 1 heterocycles. The number of ether oxygens (including phenoxy) is 2. The molecule has 0 aliphatic heterocycles. The smallest absolute Gasteiger partial charge is 0.121 e. The van der Waals surface area contributed by atoms with Crippen LogP contribution >= 0.6 is 0 Å². The van der Waals surface area contributed by atoms with Gasteiger partial charge in [0.05, 0.1) is 24.2 Å². The molecular weight excluding hydrogens is 468 g/mol. The first-order chi connectivity index (χ1) is 18.7. The molecule has 0 atom stereocenters. The van der Waals surface area contributed by atoms with Gasteiger partial charge in [-0.3, -0.25) is 0 Å². The van der Waals surface area contributed by atoms with Crippen molar-refractivity contribution in [3.63, 3.8) is 0 Å². The van der Waals surface area contributed by atoms with Crippen molar-refractivity contribution in [3.8, 4) is 11.5 Å². The summed E-state index contributed by atoms with van der Waals surface area (Å²) >= 11 is 0. The molecule has 202 valence electrons. The largest absolute Gasteiger partial charge is 0.494 e. The number of aryl methyl sites for hydroxylation is 5. The first-order valence-electron chi connectivity index (χ1n) is 14.6. The lowest BCUT2D eigenvalue weighted by Gasteiger charge is -2.10. The number of rotatable bonds is 16. The second kappa shape index (κ2) is 14.6. The van der Waals surface area contributed by atoms with E-state index in [0.717, 1.165) is 94.0 Å². The van der Waals surface area contributed by atoms with E-state index >= 15 is 0 Å². The number of fused-ring (bicyclic) bond motifs is 1. The molecule has 4 aromatic rings. The summed E-state index contributed by atoms with van der Waals surface area (Å²) < 4.78 is 14.4. The van der Waals surface area contributed by atoms with Crippen LogP contribution < -0.4 is 9.47 Å². The molecule has 3 aromatic carbocycles. The number of unbranched alkanes of at least 4 members (excludes halogenated alkanes) is 3. The van der Waals surface area contributed by atoms with Crippen LogP contribution in [-0.4, -0.2) is 22.8 Å². The van der Waals surface area contributed by atoms with Gasteiger partial charge < -0.3 is 14.0 Å². The van der Waals surface area contributed by atoms with Gasteiger partial charge in [0.25, 0.3) is 0 Å². The van der Waals surface area contributed by atoms with Gasteiger partial charge in [-0.25, -0.2) is 4.98 Å². The first-order valence-corrected chi connectivity index (χ1v) is 14.6. The maximum Gasteiger partial charge on any atom is 0.121 e. The van der Waals surface area contributed by atoms with Gasteiger partial charge in [-0.15, -0.1) is 0 Å². The Kier molecular flexibility index (Phi) is 10.7. The van der Waals surface area contributed by atoms with Crippen LogP contribution in [0.1, 0.15) is 74.9 Å². The molecule has 0 saturated heterocycles. The van der Waals surface area contributed by atoms with Gasteiger partial charge in [-0.05, 0) is 80.8 Å². The van der Waals surface area contributed by atoms with E-state index in [1.165, 1.54) is 28.6 Å². The van der Waals surface area contributed by atoms with Crippen molar-refractivity contribution in [2.24, 2.45) is 0 Å². The molecule has 0 aliphatic rings. The predicted molar refractivity (Wildman–Crippen MR) is 159 cm³/mol. The highest BCUT2D eigenvalue weighted by atomic mass is 16.5. The molecular formula is C34H44N2O2. The van der Waals surface area contributed by atoms with Crippen molar-refractivity contribution in [2.45, 2.75) is 85.1 Å². The molecule has 1 aromatic heterocycles. The second-order valence-electron chi connectivity index (χ2n) is 10.3. The summed E-state index contributed by atoms with van der Waals surface area (Å²) in [6, 6.07) is 23.8. The molecule has 0 aliphatic carbocycles. The van der Waals surface area contributed by atoms with Crippen LogP contribution in [0.25, 0.3) is 11.0 Å². The standard InChI is InChI=1S/C34H44N2O2/c1-4-6-23-36-33-26-31(38-24-7-5-2)20-21-32(33)35-34(36)22-17-29-15-18-30(19-16-29)37-25-9-8-10-28-13-11-27(3)12-14-28/h11-16,18-21,26H,4-10,17,22-25H2,1-3H3. The summed E-state index contributed by atoms with van der Waals surface area (Å²) in [5, 5.41) is 0. The Bertz CT molecular complexity index is 1240. The van der Waals surface area contributed by atoms with Gasteiger partial charge in [0.1, 0.15) is 17.3 Å². The minimum Gasteiger partial charge on any atom is -0.494 e. The van der Waals surface area contributed by atoms with E-state index in [9.17, 15) is 0 Å². The minimum absolute atomic E-state index is 0.761. The number of nitrogens with zero attached hydrogens (tertiary/aromatic N) is 2. The second-order valence-corrected chi connectivity index (χ2v) is 10.3. The van der Waals surface area contributed by atoms with Crippen molar-refractivity contribution >= 4 is 11.0 Å². The Morgan fingerprint density at radius 3 is 2.08 bits per heavy atom. The molecule has 0 unspecified atom stereocenters. The van der Waals surface area contributed by atoms with E-state index in [0.29, 0.717) is 0 Å². The summed E-state index contributed by atoms with van der Waals surface area (Å²) in [5.74, 6) is 3.06. The SMILES string of the molecule is CCCCOc1ccc2nc(CCc3ccc(OCCCCc4ccc(C)cc4)cc3)n(CCCC)c2c1. The van der Waals surface area contributed by atoms with Gasteiger partial charge in [0.15, 0.2) is 0 Å². The lowest BCUT2D eigenvalue weighted by molar-refractivity contribution is 0.307. The maximum absolute atomic E-state index is 6.00. The Hall–Kier alpha value is -3.27. The Balaban J connectivity index is 1.29. The van der Waals surface area contributed by atoms with Crippen molar-refractivity contribution in [1.82, 2.24) is 9.55 Å². The highest BCUT2D eigenvalue weighted by molar-refractivity contribution is 5.78. The number of benzene rings is 3. The molecule has 0 bridgehead atoms. The first kappa shape index (κ1) is 27.8. The average molecular weight is 513 g/mol. The topological polar surface area (TPSA) is 36.3 Å². The predicted octanol–water partition coefficient (Wildman–Crippen LogP) is 8.51. The van der Waals surface area contributed by atoms with Crippen molar-refractivity contribution < 1.29 is 9.47 Å². The summed E-state index contributed by atoms with van der Waals surface area (Å²) in [6.45, 7) is 9.09. The number of hydrogen-bond donors (Lipinski definition) is 0. The Morgan fingerprint density at radius 1 is 0.658 bits per heavy atom. The minimum atomic E-state index is 0.761. The molecule has 0 N–H and O–H groups in total. The number of hydrogen-bond acceptors (Lipinski definition) is 3. The van der Waals surface area contributed by atoms with Crippen LogP contribution in [0, 0.1) is 6.92 Å². The quantitative estimate of drug-likeness (QED) is 0.141. The lowest BCUT2D eigenvalue weighted by atomic mass is 10.1. The van der Waals surface area contributed by atoms with E-state index < -0.39 is 0 Å². The summed E-state index contributed by atoms with van der Waals surface area (Å²) in [4.78, 5) is 5.00. The van der Waals surface area contributed by atoms with Crippen molar-refractivity contribution in [3.05, 3.63) is 89.2 Å². The molecule has 0 saturated carbocycles. The van der Waals surface area contributed by atoms with E-state index in [4.69, 9.17) is 14.5 Å². The maximum atomic E-state index is 6.00. The fourth-order valence-electron chi connectivity index (χ4n) is 4.72. The highest BCUT2D eigenvalue weighted by Gasteiger charge is 2.12. The van der Waals surface area contributed by atoms with Gasteiger partial charge in [-0.2, -0.15) is 0 Å². The molecule has 0 radical (unpaired) electrons. The van der Waals surface area contributed by atoms with Crippen LogP contribution in [0.3, 0.4) is 0 Å². The van der Waals surface area contributed by atoms with E-state index in [1.54, 1.807) is 0 Å². The van der Waals surface area contributed by atoms with Crippen LogP contribution in [-0.2, 0) is 25.8 Å². The molecule has 0 spiro atoms. The zero-order chi connectivity index (χ0) is 26.6. The third-order valence-electron chi connectivity index (χ3n) is 7.11. The van der Waals surface area contributed by atoms with Crippen molar-refractivity contribution in [1.29, 1.82) is 0 Å². The van der Waals surface area contributed by atoms with E-state index in [-0.39, 0.29) is 0 Å². The summed E-state index contributed by atoms with van der Waals surface area (Å²) in [6.07, 6.45) is 9.74. The van der Waals surface area contributed by atoms with Gasteiger partial charge in [0.2, 0.25) is 0 Å². The van der Waals surface area contributed by atoms with Gasteiger partial charge in [-0.1, -0.05) is 68.7 Å². The molecule has 38 heavy (non-hydrogen) atoms. The van der Waals surface area contributed by atoms with Crippen LogP contribution in [0.2, 0.25) is 0 Å². The van der Waals surface area contributed by atoms with Gasteiger partial charge in [0, 0.05) is 19.0 Å². The fraction of sp³-hybridized carbons (Fsp3) is 0.441. The third kappa shape index (κ3) is 8.11. The third-order valence-corrected chi connectivity index (χ3v) is 7.11. The van der Waals surface area contributed by atoms with Crippen LogP contribution in [0.5, 0.6) is 11.5 Å². The summed E-state index contributed by atoms with van der Waals surface area (Å²) in [7, 11) is 0. The van der Waals surface area contributed by atoms with Crippen molar-refractivity contribution in [2.75, 3.05) is 13.2 Å². The Morgan fingerprint density at radius 2 is 1.32 bits per heavy atom. The van der Waals surface area contributed by atoms with Crippen LogP contribution in [0.4, 0.5) is 0 Å². The zero-order valence-electron chi connectivity index (χ0n) is 23.5. The monoisotopic (exact) mass is 512 g/mol. The van der Waals surface area contributed by atoms with E-state index in [1.807, 2.05) is 0 Å². The molecule has 4 nitrogen and oxygen atoms in total. The van der Waals surface area contributed by atoms with Gasteiger partial charge >= 0.3 is 0 Å². The zero-order valence-corrected chi connectivity index (χ0v) is 23.5. The van der Waals surface area contributed by atoms with Crippen LogP contribution in [0.15, 0.2) is 66.7 Å². The fourth-order valence-corrected chi connectivity index (χ4v) is 4.72. The van der Waals surface area contributed by atoms with E-state index in [2.05, 4.69) is 92.1 Å². The number of aromatic nitrogens is 2. The lowest BCUT2D eigenvalue weighted by Crippen LogP contribution is -2.06. The average Bonchev–Trinajstić information content (AvgIpc) is 3.29. The highest BCUT2D eigenvalue weighted by Crippen LogP contribution is 2.24. The molecule has 0 fully saturated rings.